The van der Waals surface area contributed by atoms with Crippen molar-refractivity contribution in [2.24, 2.45) is 0 Å². The molecule has 2 aromatic heterocycles. The van der Waals surface area contributed by atoms with Crippen LogP contribution < -0.4 is 4.74 Å². The minimum atomic E-state index is 0.128. The summed E-state index contributed by atoms with van der Waals surface area (Å²) in [4.78, 5) is 16.9. The van der Waals surface area contributed by atoms with E-state index in [-0.39, 0.29) is 5.91 Å². The van der Waals surface area contributed by atoms with Crippen LogP contribution in [0, 0.1) is 6.92 Å². The second-order valence-corrected chi connectivity index (χ2v) is 6.89. The van der Waals surface area contributed by atoms with E-state index in [1.165, 1.54) is 0 Å². The molecule has 7 nitrogen and oxygen atoms in total. The van der Waals surface area contributed by atoms with Gasteiger partial charge in [-0.2, -0.15) is 0 Å². The third kappa shape index (κ3) is 3.83. The Morgan fingerprint density at radius 2 is 2.04 bits per heavy atom. The van der Waals surface area contributed by atoms with Gasteiger partial charge in [0.2, 0.25) is 5.91 Å². The first-order valence-electron chi connectivity index (χ1n) is 9.09. The van der Waals surface area contributed by atoms with Gasteiger partial charge in [0.1, 0.15) is 11.3 Å². The third-order valence-corrected chi connectivity index (χ3v) is 4.99. The zero-order chi connectivity index (χ0) is 18.8. The second-order valence-electron chi connectivity index (χ2n) is 6.89. The molecule has 4 rings (SSSR count). The standard InChI is InChI=1S/C20H23N3O4/c1-14-9-17(27-21-14)12-22-5-7-23(8-6-22)20(24)10-15-13-26-19-11-16(25-2)3-4-18(15)19/h3-4,9,11,13H,5-8,10,12H2,1-2H3. The predicted molar refractivity (Wildman–Crippen MR) is 99.6 cm³/mol. The lowest BCUT2D eigenvalue weighted by Gasteiger charge is -2.34. The van der Waals surface area contributed by atoms with Gasteiger partial charge in [-0.15, -0.1) is 0 Å². The van der Waals surface area contributed by atoms with E-state index in [1.807, 2.05) is 36.1 Å². The Balaban J connectivity index is 1.34. The molecule has 3 heterocycles. The largest absolute Gasteiger partial charge is 0.497 e. The zero-order valence-corrected chi connectivity index (χ0v) is 15.6. The quantitative estimate of drug-likeness (QED) is 0.688. The summed E-state index contributed by atoms with van der Waals surface area (Å²) < 4.78 is 16.1. The molecule has 0 aliphatic carbocycles. The molecule has 0 spiro atoms. The molecule has 1 saturated heterocycles. The van der Waals surface area contributed by atoms with Gasteiger partial charge in [0.15, 0.2) is 5.76 Å². The van der Waals surface area contributed by atoms with Crippen LogP contribution in [0.3, 0.4) is 0 Å². The van der Waals surface area contributed by atoms with Crippen LogP contribution >= 0.6 is 0 Å². The number of fused-ring (bicyclic) bond motifs is 1. The Morgan fingerprint density at radius 3 is 2.74 bits per heavy atom. The van der Waals surface area contributed by atoms with Gasteiger partial charge in [0.25, 0.3) is 0 Å². The van der Waals surface area contributed by atoms with Crippen molar-refractivity contribution in [1.82, 2.24) is 15.0 Å². The van der Waals surface area contributed by atoms with E-state index in [4.69, 9.17) is 13.7 Å². The maximum Gasteiger partial charge on any atom is 0.227 e. The van der Waals surface area contributed by atoms with Gasteiger partial charge in [-0.05, 0) is 19.1 Å². The Hall–Kier alpha value is -2.80. The van der Waals surface area contributed by atoms with Crippen molar-refractivity contribution in [3.63, 3.8) is 0 Å². The molecule has 0 atom stereocenters. The molecule has 0 bridgehead atoms. The predicted octanol–water partition coefficient (Wildman–Crippen LogP) is 2.62. The third-order valence-electron chi connectivity index (χ3n) is 4.99. The molecule has 1 fully saturated rings. The molecular formula is C20H23N3O4. The van der Waals surface area contributed by atoms with Crippen molar-refractivity contribution in [3.05, 3.63) is 47.5 Å². The average Bonchev–Trinajstić information content (AvgIpc) is 3.28. The van der Waals surface area contributed by atoms with E-state index in [2.05, 4.69) is 10.1 Å². The fraction of sp³-hybridized carbons (Fsp3) is 0.400. The molecular weight excluding hydrogens is 346 g/mol. The number of hydrogen-bond donors (Lipinski definition) is 0. The van der Waals surface area contributed by atoms with Crippen molar-refractivity contribution >= 4 is 16.9 Å². The molecule has 0 N–H and O–H groups in total. The number of furan rings is 1. The number of amides is 1. The topological polar surface area (TPSA) is 72.0 Å². The lowest BCUT2D eigenvalue weighted by atomic mass is 10.1. The molecule has 0 unspecified atom stereocenters. The smallest absolute Gasteiger partial charge is 0.227 e. The SMILES string of the molecule is COc1ccc2c(CC(=O)N3CCN(Cc4cc(C)no4)CC3)coc2c1. The van der Waals surface area contributed by atoms with Crippen LogP contribution in [0.2, 0.25) is 0 Å². The maximum atomic E-state index is 12.7. The van der Waals surface area contributed by atoms with E-state index >= 15 is 0 Å². The van der Waals surface area contributed by atoms with E-state index in [0.29, 0.717) is 6.42 Å². The Labute approximate surface area is 157 Å². The number of nitrogens with zero attached hydrogens (tertiary/aromatic N) is 3. The van der Waals surface area contributed by atoms with E-state index in [9.17, 15) is 4.79 Å². The maximum absolute atomic E-state index is 12.7. The Kier molecular flexibility index (Phi) is 4.85. The van der Waals surface area contributed by atoms with Crippen molar-refractivity contribution < 1.29 is 18.5 Å². The van der Waals surface area contributed by atoms with Crippen LogP contribution in [0.15, 0.2) is 39.5 Å². The van der Waals surface area contributed by atoms with Crippen LogP contribution in [0.25, 0.3) is 11.0 Å². The van der Waals surface area contributed by atoms with Crippen LogP contribution in [-0.4, -0.2) is 54.2 Å². The van der Waals surface area contributed by atoms with Gasteiger partial charge < -0.3 is 18.6 Å². The van der Waals surface area contributed by atoms with Gasteiger partial charge >= 0.3 is 0 Å². The number of ether oxygens (including phenoxy) is 1. The lowest BCUT2D eigenvalue weighted by Crippen LogP contribution is -2.48. The first kappa shape index (κ1) is 17.6. The summed E-state index contributed by atoms with van der Waals surface area (Å²) in [6.45, 7) is 5.74. The van der Waals surface area contributed by atoms with Crippen molar-refractivity contribution in [1.29, 1.82) is 0 Å². The summed E-state index contributed by atoms with van der Waals surface area (Å²) in [7, 11) is 1.62. The fourth-order valence-corrected chi connectivity index (χ4v) is 3.47. The summed E-state index contributed by atoms with van der Waals surface area (Å²) >= 11 is 0. The van der Waals surface area contributed by atoms with Crippen LogP contribution in [0.1, 0.15) is 17.0 Å². The molecule has 3 aromatic rings. The minimum absolute atomic E-state index is 0.128. The summed E-state index contributed by atoms with van der Waals surface area (Å²) in [6.07, 6.45) is 2.02. The number of hydrogen-bond acceptors (Lipinski definition) is 6. The number of piperazine rings is 1. The van der Waals surface area contributed by atoms with Gasteiger partial charge in [-0.25, -0.2) is 0 Å². The molecule has 0 radical (unpaired) electrons. The molecule has 1 amide bonds. The minimum Gasteiger partial charge on any atom is -0.497 e. The van der Waals surface area contributed by atoms with Crippen LogP contribution in [-0.2, 0) is 17.8 Å². The van der Waals surface area contributed by atoms with Crippen molar-refractivity contribution in [3.8, 4) is 5.75 Å². The van der Waals surface area contributed by atoms with Crippen LogP contribution in [0.5, 0.6) is 5.75 Å². The number of methoxy groups -OCH3 is 1. The van der Waals surface area contributed by atoms with Crippen molar-refractivity contribution in [2.75, 3.05) is 33.3 Å². The second kappa shape index (κ2) is 7.44. The summed E-state index contributed by atoms with van der Waals surface area (Å²) in [5.41, 5.74) is 2.55. The summed E-state index contributed by atoms with van der Waals surface area (Å²) in [5, 5.41) is 4.88. The van der Waals surface area contributed by atoms with Crippen molar-refractivity contribution in [2.45, 2.75) is 19.9 Å². The summed E-state index contributed by atoms with van der Waals surface area (Å²) in [6, 6.07) is 7.62. The number of aryl methyl sites for hydroxylation is 1. The number of rotatable bonds is 5. The first-order valence-corrected chi connectivity index (χ1v) is 9.09. The molecule has 7 heteroatoms. The highest BCUT2D eigenvalue weighted by Gasteiger charge is 2.23. The monoisotopic (exact) mass is 369 g/mol. The fourth-order valence-electron chi connectivity index (χ4n) is 3.47. The number of aromatic nitrogens is 1. The highest BCUT2D eigenvalue weighted by molar-refractivity contribution is 5.88. The molecule has 1 aromatic carbocycles. The lowest BCUT2D eigenvalue weighted by molar-refractivity contribution is -0.132. The van der Waals surface area contributed by atoms with Gasteiger partial charge in [-0.1, -0.05) is 5.16 Å². The number of benzene rings is 1. The number of carbonyl (C=O) groups excluding carboxylic acids is 1. The first-order chi connectivity index (χ1) is 13.1. The normalized spacial score (nSPS) is 15.4. The molecule has 142 valence electrons. The van der Waals surface area contributed by atoms with Gasteiger partial charge in [-0.3, -0.25) is 9.69 Å². The van der Waals surface area contributed by atoms with E-state index in [0.717, 1.165) is 66.5 Å². The van der Waals surface area contributed by atoms with Crippen LogP contribution in [0.4, 0.5) is 0 Å². The van der Waals surface area contributed by atoms with E-state index < -0.39 is 0 Å². The average molecular weight is 369 g/mol. The number of carbonyl (C=O) groups is 1. The molecule has 1 aliphatic rings. The highest BCUT2D eigenvalue weighted by atomic mass is 16.5. The highest BCUT2D eigenvalue weighted by Crippen LogP contribution is 2.26. The van der Waals surface area contributed by atoms with E-state index in [1.54, 1.807) is 13.4 Å². The summed E-state index contributed by atoms with van der Waals surface area (Å²) in [5.74, 6) is 1.74. The molecule has 1 aliphatic heterocycles. The zero-order valence-electron chi connectivity index (χ0n) is 15.6. The Bertz CT molecular complexity index is 938. The Morgan fingerprint density at radius 1 is 1.22 bits per heavy atom. The van der Waals surface area contributed by atoms with Gasteiger partial charge in [0.05, 0.1) is 32.0 Å². The van der Waals surface area contributed by atoms with Gasteiger partial charge in [0, 0.05) is 49.3 Å². The molecule has 27 heavy (non-hydrogen) atoms. The molecule has 0 saturated carbocycles.